The smallest absolute Gasteiger partial charge is 0.277 e. The molecule has 3 rings (SSSR count). The van der Waals surface area contributed by atoms with Crippen molar-refractivity contribution in [2.45, 2.75) is 24.7 Å². The second-order valence-corrected chi connectivity index (χ2v) is 7.48. The Hall–Kier alpha value is -2.58. The summed E-state index contributed by atoms with van der Waals surface area (Å²) >= 11 is 7.06. The lowest BCUT2D eigenvalue weighted by Gasteiger charge is -2.11. The van der Waals surface area contributed by atoms with Gasteiger partial charge in [-0.1, -0.05) is 47.6 Å². The van der Waals surface area contributed by atoms with E-state index in [0.29, 0.717) is 18.0 Å². The number of carbonyl (C=O) groups excluding carboxylic acids is 1. The number of rotatable bonds is 9. The molecular weight excluding hydrogens is 417 g/mol. The lowest BCUT2D eigenvalue weighted by atomic mass is 10.1. The van der Waals surface area contributed by atoms with Crippen molar-refractivity contribution in [2.75, 3.05) is 12.3 Å². The number of ether oxygens (including phenoxy) is 1. The van der Waals surface area contributed by atoms with Gasteiger partial charge in [0.05, 0.1) is 5.75 Å². The van der Waals surface area contributed by atoms with Crippen LogP contribution in [0.5, 0.6) is 5.75 Å². The number of nitrogens with zero attached hydrogens (tertiary/aromatic N) is 2. The first-order valence-electron chi connectivity index (χ1n) is 8.90. The number of thioether (sulfide) groups is 1. The summed E-state index contributed by atoms with van der Waals surface area (Å²) in [5.74, 6) is -0.168. The summed E-state index contributed by atoms with van der Waals surface area (Å²) in [4.78, 5) is 12.0. The van der Waals surface area contributed by atoms with Crippen LogP contribution in [0.3, 0.4) is 0 Å². The third-order valence-electron chi connectivity index (χ3n) is 3.86. The minimum Gasteiger partial charge on any atom is -0.478 e. The molecule has 0 fully saturated rings. The number of hydrogen-bond donors (Lipinski definition) is 1. The summed E-state index contributed by atoms with van der Waals surface area (Å²) in [6, 6.07) is 13.6. The normalized spacial score (nSPS) is 11.8. The predicted octanol–water partition coefficient (Wildman–Crippen LogP) is 4.45. The zero-order valence-electron chi connectivity index (χ0n) is 15.6. The van der Waals surface area contributed by atoms with Crippen molar-refractivity contribution < 1.29 is 18.3 Å². The summed E-state index contributed by atoms with van der Waals surface area (Å²) in [5, 5.41) is 11.5. The quantitative estimate of drug-likeness (QED) is 0.500. The molecule has 2 aromatic carbocycles. The van der Waals surface area contributed by atoms with Gasteiger partial charge < -0.3 is 14.5 Å². The van der Waals surface area contributed by atoms with Crippen LogP contribution in [0.4, 0.5) is 4.39 Å². The molecule has 0 saturated heterocycles. The SMILES string of the molecule is CC(Oc1ccccc1F)c1nnc(SCC(=O)NCCc2cccc(Cl)c2)o1. The van der Waals surface area contributed by atoms with Gasteiger partial charge in [0.2, 0.25) is 5.91 Å². The highest BCUT2D eigenvalue weighted by Crippen LogP contribution is 2.25. The van der Waals surface area contributed by atoms with Gasteiger partial charge in [-0.2, -0.15) is 0 Å². The maximum Gasteiger partial charge on any atom is 0.277 e. The van der Waals surface area contributed by atoms with Crippen LogP contribution in [0.2, 0.25) is 5.02 Å². The fourth-order valence-corrected chi connectivity index (χ4v) is 3.25. The van der Waals surface area contributed by atoms with Crippen molar-refractivity contribution in [1.82, 2.24) is 15.5 Å². The second kappa shape index (κ2) is 10.3. The maximum atomic E-state index is 13.7. The summed E-state index contributed by atoms with van der Waals surface area (Å²) in [5.41, 5.74) is 1.05. The van der Waals surface area contributed by atoms with E-state index < -0.39 is 11.9 Å². The number of benzene rings is 2. The number of hydrogen-bond acceptors (Lipinski definition) is 6. The number of nitrogens with one attached hydrogen (secondary N) is 1. The van der Waals surface area contributed by atoms with Crippen LogP contribution in [0.1, 0.15) is 24.5 Å². The standard InChI is InChI=1S/C20H19ClFN3O3S/c1-13(27-17-8-3-2-7-16(17)22)19-24-25-20(28-19)29-12-18(26)23-10-9-14-5-4-6-15(21)11-14/h2-8,11,13H,9-10,12H2,1H3,(H,23,26). The Morgan fingerprint density at radius 2 is 2.10 bits per heavy atom. The molecule has 0 aliphatic rings. The number of halogens is 2. The van der Waals surface area contributed by atoms with Crippen LogP contribution in [0.25, 0.3) is 0 Å². The number of carbonyl (C=O) groups is 1. The molecule has 0 aliphatic heterocycles. The Balaban J connectivity index is 1.42. The van der Waals surface area contributed by atoms with Crippen LogP contribution < -0.4 is 10.1 Å². The fourth-order valence-electron chi connectivity index (χ4n) is 2.44. The second-order valence-electron chi connectivity index (χ2n) is 6.12. The molecule has 0 aliphatic carbocycles. The Bertz CT molecular complexity index is 969. The van der Waals surface area contributed by atoms with Gasteiger partial charge in [-0.25, -0.2) is 4.39 Å². The summed E-state index contributed by atoms with van der Waals surface area (Å²) in [6.07, 6.45) is 0.0623. The molecular formula is C20H19ClFN3O3S. The average Bonchev–Trinajstić information content (AvgIpc) is 3.17. The zero-order chi connectivity index (χ0) is 20.6. The molecule has 3 aromatic rings. The van der Waals surface area contributed by atoms with Crippen molar-refractivity contribution in [1.29, 1.82) is 0 Å². The van der Waals surface area contributed by atoms with E-state index in [0.717, 1.165) is 17.3 Å². The molecule has 29 heavy (non-hydrogen) atoms. The number of aromatic nitrogens is 2. The Morgan fingerprint density at radius 3 is 2.90 bits per heavy atom. The Morgan fingerprint density at radius 1 is 1.28 bits per heavy atom. The molecule has 152 valence electrons. The zero-order valence-corrected chi connectivity index (χ0v) is 17.2. The molecule has 1 atom stereocenters. The van der Waals surface area contributed by atoms with E-state index in [1.165, 1.54) is 12.1 Å². The van der Waals surface area contributed by atoms with Gasteiger partial charge in [0.15, 0.2) is 17.7 Å². The van der Waals surface area contributed by atoms with Crippen LogP contribution >= 0.6 is 23.4 Å². The van der Waals surface area contributed by atoms with Crippen LogP contribution in [-0.4, -0.2) is 28.4 Å². The highest BCUT2D eigenvalue weighted by Gasteiger charge is 2.18. The van der Waals surface area contributed by atoms with E-state index in [2.05, 4.69) is 15.5 Å². The Labute approximate surface area is 176 Å². The summed E-state index contributed by atoms with van der Waals surface area (Å²) in [7, 11) is 0. The van der Waals surface area contributed by atoms with Crippen molar-refractivity contribution in [3.05, 3.63) is 70.8 Å². The number of amides is 1. The van der Waals surface area contributed by atoms with Gasteiger partial charge in [0, 0.05) is 11.6 Å². The first-order chi connectivity index (χ1) is 14.0. The molecule has 1 N–H and O–H groups in total. The Kier molecular flexibility index (Phi) is 7.48. The molecule has 9 heteroatoms. The highest BCUT2D eigenvalue weighted by molar-refractivity contribution is 7.99. The first kappa shape index (κ1) is 21.1. The van der Waals surface area contributed by atoms with E-state index >= 15 is 0 Å². The van der Waals surface area contributed by atoms with Gasteiger partial charge in [-0.15, -0.1) is 10.2 Å². The number of para-hydroxylation sites is 1. The largest absolute Gasteiger partial charge is 0.478 e. The molecule has 0 spiro atoms. The molecule has 0 bridgehead atoms. The first-order valence-corrected chi connectivity index (χ1v) is 10.3. The minimum atomic E-state index is -0.625. The van der Waals surface area contributed by atoms with Crippen LogP contribution in [0.15, 0.2) is 58.2 Å². The predicted molar refractivity (Wildman–Crippen MR) is 109 cm³/mol. The molecule has 0 saturated carbocycles. The van der Waals surface area contributed by atoms with E-state index in [9.17, 15) is 9.18 Å². The van der Waals surface area contributed by atoms with E-state index in [-0.39, 0.29) is 28.5 Å². The molecule has 6 nitrogen and oxygen atoms in total. The van der Waals surface area contributed by atoms with E-state index in [4.69, 9.17) is 20.8 Å². The average molecular weight is 436 g/mol. The van der Waals surface area contributed by atoms with E-state index in [1.54, 1.807) is 25.1 Å². The maximum absolute atomic E-state index is 13.7. The third kappa shape index (κ3) is 6.47. The van der Waals surface area contributed by atoms with Crippen LogP contribution in [0, 0.1) is 5.82 Å². The summed E-state index contributed by atoms with van der Waals surface area (Å²) < 4.78 is 24.7. The van der Waals surface area contributed by atoms with Crippen molar-refractivity contribution in [3.8, 4) is 5.75 Å². The topological polar surface area (TPSA) is 77.2 Å². The van der Waals surface area contributed by atoms with Gasteiger partial charge in [0.25, 0.3) is 11.1 Å². The molecule has 1 aromatic heterocycles. The molecule has 1 unspecified atom stereocenters. The van der Waals surface area contributed by atoms with Gasteiger partial charge in [0.1, 0.15) is 0 Å². The van der Waals surface area contributed by atoms with Crippen LogP contribution in [-0.2, 0) is 11.2 Å². The third-order valence-corrected chi connectivity index (χ3v) is 4.92. The van der Waals surface area contributed by atoms with Gasteiger partial charge >= 0.3 is 0 Å². The summed E-state index contributed by atoms with van der Waals surface area (Å²) in [6.45, 7) is 2.18. The van der Waals surface area contributed by atoms with Crippen molar-refractivity contribution >= 4 is 29.3 Å². The van der Waals surface area contributed by atoms with Crippen molar-refractivity contribution in [2.24, 2.45) is 0 Å². The van der Waals surface area contributed by atoms with Crippen molar-refractivity contribution in [3.63, 3.8) is 0 Å². The van der Waals surface area contributed by atoms with E-state index in [1.807, 2.05) is 18.2 Å². The fraction of sp³-hybridized carbons (Fsp3) is 0.250. The lowest BCUT2D eigenvalue weighted by molar-refractivity contribution is -0.118. The molecule has 1 heterocycles. The monoisotopic (exact) mass is 435 g/mol. The lowest BCUT2D eigenvalue weighted by Crippen LogP contribution is -2.27. The highest BCUT2D eigenvalue weighted by atomic mass is 35.5. The molecule has 1 amide bonds. The minimum absolute atomic E-state index is 0.103. The molecule has 0 radical (unpaired) electrons. The van der Waals surface area contributed by atoms with Gasteiger partial charge in [-0.05, 0) is 43.2 Å². The van der Waals surface area contributed by atoms with Gasteiger partial charge in [-0.3, -0.25) is 4.79 Å².